The maximum atomic E-state index is 13.3. The molecule has 6 nitrogen and oxygen atoms in total. The molecule has 3 N–H and O–H groups in total. The highest BCUT2D eigenvalue weighted by molar-refractivity contribution is 5.90. The number of carboxylic acid groups (broad SMARTS) is 1. The number of carboxylic acids is 1. The number of amides is 2. The summed E-state index contributed by atoms with van der Waals surface area (Å²) in [5.74, 6) is -4.22. The standard InChI is InChI=1S/C12H12F2N2O4/c13-7-2-1-3-8(10(7)14)15-12(19)16-9-5-20-4-6(9)11(17)18/h1-3,6,9H,4-5H2,(H,17,18)(H2,15,16,19). The van der Waals surface area contributed by atoms with Gasteiger partial charge in [0.25, 0.3) is 0 Å². The van der Waals surface area contributed by atoms with Gasteiger partial charge in [-0.05, 0) is 12.1 Å². The van der Waals surface area contributed by atoms with Crippen LogP contribution in [0.25, 0.3) is 0 Å². The van der Waals surface area contributed by atoms with E-state index in [1.165, 1.54) is 12.1 Å². The molecule has 1 aliphatic rings. The number of halogens is 2. The van der Waals surface area contributed by atoms with Gasteiger partial charge in [0.15, 0.2) is 11.6 Å². The largest absolute Gasteiger partial charge is 0.481 e. The van der Waals surface area contributed by atoms with Crippen molar-refractivity contribution in [1.82, 2.24) is 5.32 Å². The van der Waals surface area contributed by atoms with E-state index in [0.29, 0.717) is 0 Å². The maximum Gasteiger partial charge on any atom is 0.319 e. The average Bonchev–Trinajstić information content (AvgIpc) is 2.83. The van der Waals surface area contributed by atoms with Crippen molar-refractivity contribution in [3.63, 3.8) is 0 Å². The zero-order valence-corrected chi connectivity index (χ0v) is 10.2. The van der Waals surface area contributed by atoms with Crippen LogP contribution in [0.5, 0.6) is 0 Å². The first-order valence-electron chi connectivity index (χ1n) is 5.81. The van der Waals surface area contributed by atoms with E-state index in [9.17, 15) is 18.4 Å². The van der Waals surface area contributed by atoms with Crippen molar-refractivity contribution in [2.24, 2.45) is 5.92 Å². The molecule has 2 unspecified atom stereocenters. The van der Waals surface area contributed by atoms with Crippen LogP contribution >= 0.6 is 0 Å². The number of rotatable bonds is 3. The number of anilines is 1. The van der Waals surface area contributed by atoms with Gasteiger partial charge in [-0.3, -0.25) is 4.79 Å². The van der Waals surface area contributed by atoms with Gasteiger partial charge in [-0.1, -0.05) is 6.07 Å². The quantitative estimate of drug-likeness (QED) is 0.778. The van der Waals surface area contributed by atoms with Crippen molar-refractivity contribution in [2.75, 3.05) is 18.5 Å². The summed E-state index contributed by atoms with van der Waals surface area (Å²) in [6.07, 6.45) is 0. The summed E-state index contributed by atoms with van der Waals surface area (Å²) in [6.45, 7) is 0.0463. The summed E-state index contributed by atoms with van der Waals surface area (Å²) in [5.41, 5.74) is -0.326. The molecule has 1 aromatic rings. The van der Waals surface area contributed by atoms with E-state index in [2.05, 4.69) is 10.6 Å². The smallest absolute Gasteiger partial charge is 0.319 e. The molecule has 20 heavy (non-hydrogen) atoms. The lowest BCUT2D eigenvalue weighted by Gasteiger charge is -2.16. The van der Waals surface area contributed by atoms with E-state index in [4.69, 9.17) is 9.84 Å². The Kier molecular flexibility index (Phi) is 4.14. The Bertz CT molecular complexity index is 538. The molecule has 1 fully saturated rings. The number of urea groups is 1. The van der Waals surface area contributed by atoms with Gasteiger partial charge in [0.2, 0.25) is 0 Å². The third-order valence-corrected chi connectivity index (χ3v) is 2.91. The zero-order valence-electron chi connectivity index (χ0n) is 10.2. The SMILES string of the molecule is O=C(Nc1cccc(F)c1F)NC1COCC1C(=O)O. The molecular weight excluding hydrogens is 274 g/mol. The van der Waals surface area contributed by atoms with Gasteiger partial charge < -0.3 is 20.5 Å². The number of nitrogens with one attached hydrogen (secondary N) is 2. The fourth-order valence-electron chi connectivity index (χ4n) is 1.87. The highest BCUT2D eigenvalue weighted by atomic mass is 19.2. The molecule has 0 radical (unpaired) electrons. The molecule has 2 rings (SSSR count). The summed E-state index contributed by atoms with van der Waals surface area (Å²) in [5, 5.41) is 13.4. The van der Waals surface area contributed by atoms with Crippen LogP contribution in [0.2, 0.25) is 0 Å². The molecule has 0 aromatic heterocycles. The fraction of sp³-hybridized carbons (Fsp3) is 0.333. The van der Waals surface area contributed by atoms with Crippen LogP contribution in [-0.4, -0.2) is 36.4 Å². The van der Waals surface area contributed by atoms with Crippen molar-refractivity contribution in [3.05, 3.63) is 29.8 Å². The number of benzene rings is 1. The van der Waals surface area contributed by atoms with Gasteiger partial charge in [-0.2, -0.15) is 0 Å². The van der Waals surface area contributed by atoms with Gasteiger partial charge in [-0.25, -0.2) is 13.6 Å². The van der Waals surface area contributed by atoms with Crippen LogP contribution in [0.4, 0.5) is 19.3 Å². The minimum absolute atomic E-state index is 0.00535. The summed E-state index contributed by atoms with van der Waals surface area (Å²) >= 11 is 0. The summed E-state index contributed by atoms with van der Waals surface area (Å²) in [6, 6.07) is 1.81. The minimum Gasteiger partial charge on any atom is -0.481 e. The predicted molar refractivity (Wildman–Crippen MR) is 64.2 cm³/mol. The van der Waals surface area contributed by atoms with Gasteiger partial charge in [0.1, 0.15) is 5.92 Å². The Morgan fingerprint density at radius 1 is 1.30 bits per heavy atom. The Hall–Kier alpha value is -2.22. The zero-order chi connectivity index (χ0) is 14.7. The molecule has 0 aliphatic carbocycles. The van der Waals surface area contributed by atoms with Crippen LogP contribution in [0, 0.1) is 17.6 Å². The lowest BCUT2D eigenvalue weighted by molar-refractivity contribution is -0.142. The van der Waals surface area contributed by atoms with Crippen LogP contribution < -0.4 is 10.6 Å². The van der Waals surface area contributed by atoms with Crippen molar-refractivity contribution in [1.29, 1.82) is 0 Å². The van der Waals surface area contributed by atoms with E-state index in [-0.39, 0.29) is 18.9 Å². The molecule has 2 atom stereocenters. The molecule has 1 saturated heterocycles. The molecule has 0 spiro atoms. The topological polar surface area (TPSA) is 87.7 Å². The monoisotopic (exact) mass is 286 g/mol. The molecule has 0 saturated carbocycles. The third-order valence-electron chi connectivity index (χ3n) is 2.91. The molecule has 1 heterocycles. The van der Waals surface area contributed by atoms with Crippen LogP contribution in [0.1, 0.15) is 0 Å². The number of carbonyl (C=O) groups excluding carboxylic acids is 1. The second-order valence-electron chi connectivity index (χ2n) is 4.29. The molecule has 108 valence electrons. The number of carbonyl (C=O) groups is 2. The van der Waals surface area contributed by atoms with Crippen LogP contribution in [0.15, 0.2) is 18.2 Å². The van der Waals surface area contributed by atoms with Crippen molar-refractivity contribution < 1.29 is 28.2 Å². The van der Waals surface area contributed by atoms with Gasteiger partial charge >= 0.3 is 12.0 Å². The normalized spacial score (nSPS) is 21.5. The van der Waals surface area contributed by atoms with E-state index in [0.717, 1.165) is 6.07 Å². The van der Waals surface area contributed by atoms with E-state index >= 15 is 0 Å². The number of hydrogen-bond donors (Lipinski definition) is 3. The average molecular weight is 286 g/mol. The van der Waals surface area contributed by atoms with Gasteiger partial charge in [-0.15, -0.1) is 0 Å². The highest BCUT2D eigenvalue weighted by Crippen LogP contribution is 2.17. The van der Waals surface area contributed by atoms with Gasteiger partial charge in [0.05, 0.1) is 24.9 Å². The summed E-state index contributed by atoms with van der Waals surface area (Å²) < 4.78 is 31.3. The van der Waals surface area contributed by atoms with Crippen molar-refractivity contribution in [3.8, 4) is 0 Å². The van der Waals surface area contributed by atoms with E-state index < -0.39 is 35.6 Å². The predicted octanol–water partition coefficient (Wildman–Crippen LogP) is 1.19. The van der Waals surface area contributed by atoms with Crippen LogP contribution in [0.3, 0.4) is 0 Å². The van der Waals surface area contributed by atoms with Crippen LogP contribution in [-0.2, 0) is 9.53 Å². The minimum atomic E-state index is -1.18. The highest BCUT2D eigenvalue weighted by Gasteiger charge is 2.35. The Labute approximate surface area is 112 Å². The first-order chi connectivity index (χ1) is 9.49. The Balaban J connectivity index is 1.99. The Morgan fingerprint density at radius 2 is 2.05 bits per heavy atom. The van der Waals surface area contributed by atoms with Crippen molar-refractivity contribution >= 4 is 17.7 Å². The van der Waals surface area contributed by atoms with Gasteiger partial charge in [0, 0.05) is 0 Å². The second kappa shape index (κ2) is 5.83. The number of aliphatic carboxylic acids is 1. The summed E-state index contributed by atoms with van der Waals surface area (Å²) in [4.78, 5) is 22.5. The van der Waals surface area contributed by atoms with E-state index in [1.807, 2.05) is 0 Å². The lowest BCUT2D eigenvalue weighted by atomic mass is 10.0. The first-order valence-corrected chi connectivity index (χ1v) is 5.81. The number of ether oxygens (including phenoxy) is 1. The molecule has 2 amide bonds. The molecular formula is C12H12F2N2O4. The lowest BCUT2D eigenvalue weighted by Crippen LogP contribution is -2.44. The first kappa shape index (κ1) is 14.2. The third kappa shape index (κ3) is 3.02. The maximum absolute atomic E-state index is 13.3. The molecule has 8 heteroatoms. The summed E-state index contributed by atoms with van der Waals surface area (Å²) in [7, 11) is 0. The molecule has 1 aliphatic heterocycles. The Morgan fingerprint density at radius 3 is 2.75 bits per heavy atom. The number of hydrogen-bond acceptors (Lipinski definition) is 3. The molecule has 1 aromatic carbocycles. The fourth-order valence-corrected chi connectivity index (χ4v) is 1.87. The van der Waals surface area contributed by atoms with E-state index in [1.54, 1.807) is 0 Å². The molecule has 0 bridgehead atoms. The van der Waals surface area contributed by atoms with Crippen molar-refractivity contribution in [2.45, 2.75) is 6.04 Å². The second-order valence-corrected chi connectivity index (χ2v) is 4.29.